The molecule has 1 fully saturated rings. The molecular formula is C7H14N2O2. The Bertz CT molecular complexity index is 149. The predicted octanol–water partition coefficient (Wildman–Crippen LogP) is 0.0465. The number of ether oxygens (including phenoxy) is 1. The van der Waals surface area contributed by atoms with Crippen LogP contribution in [-0.2, 0) is 4.74 Å². The van der Waals surface area contributed by atoms with Crippen LogP contribution < -0.4 is 5.32 Å². The van der Waals surface area contributed by atoms with Crippen LogP contribution in [0.15, 0.2) is 0 Å². The summed E-state index contributed by atoms with van der Waals surface area (Å²) in [6.45, 7) is 4.07. The number of likely N-dealkylation sites (N-methyl/N-ethyl adjacent to an activating group) is 1. The van der Waals surface area contributed by atoms with E-state index in [1.807, 2.05) is 14.0 Å². The molecule has 1 amide bonds. The van der Waals surface area contributed by atoms with Crippen LogP contribution in [0.5, 0.6) is 0 Å². The van der Waals surface area contributed by atoms with Gasteiger partial charge in [-0.1, -0.05) is 0 Å². The fourth-order valence-electron chi connectivity index (χ4n) is 1.09. The van der Waals surface area contributed by atoms with E-state index < -0.39 is 0 Å². The molecule has 0 bridgehead atoms. The Hall–Kier alpha value is -0.770. The summed E-state index contributed by atoms with van der Waals surface area (Å²) in [6.07, 6.45) is -0.187. The van der Waals surface area contributed by atoms with Gasteiger partial charge in [-0.3, -0.25) is 0 Å². The quantitative estimate of drug-likeness (QED) is 0.631. The Kier molecular flexibility index (Phi) is 2.70. The topological polar surface area (TPSA) is 41.6 Å². The highest BCUT2D eigenvalue weighted by Crippen LogP contribution is 2.09. The number of carbonyl (C=O) groups excluding carboxylic acids is 1. The number of nitrogens with one attached hydrogen (secondary N) is 1. The second kappa shape index (κ2) is 3.57. The molecule has 4 heteroatoms. The summed E-state index contributed by atoms with van der Waals surface area (Å²) in [5, 5.41) is 2.99. The van der Waals surface area contributed by atoms with Crippen molar-refractivity contribution in [2.24, 2.45) is 0 Å². The first-order valence-corrected chi connectivity index (χ1v) is 3.83. The van der Waals surface area contributed by atoms with Gasteiger partial charge < -0.3 is 15.0 Å². The lowest BCUT2D eigenvalue weighted by molar-refractivity contribution is 0.158. The van der Waals surface area contributed by atoms with Crippen LogP contribution in [0.4, 0.5) is 4.79 Å². The maximum absolute atomic E-state index is 11.0. The maximum Gasteiger partial charge on any atom is 0.410 e. The summed E-state index contributed by atoms with van der Waals surface area (Å²) in [5.74, 6) is 0. The molecule has 0 saturated carbocycles. The first kappa shape index (κ1) is 8.33. The minimum atomic E-state index is -0.187. The van der Waals surface area contributed by atoms with E-state index in [1.165, 1.54) is 0 Å². The smallest absolute Gasteiger partial charge is 0.410 e. The summed E-state index contributed by atoms with van der Waals surface area (Å²) in [7, 11) is 1.87. The Morgan fingerprint density at radius 2 is 2.55 bits per heavy atom. The number of nitrogens with zero attached hydrogens (tertiary/aromatic N) is 1. The Labute approximate surface area is 66.5 Å². The van der Waals surface area contributed by atoms with Crippen molar-refractivity contribution >= 4 is 6.09 Å². The molecule has 0 aromatic rings. The second-order valence-electron chi connectivity index (χ2n) is 2.72. The lowest BCUT2D eigenvalue weighted by atomic mass is 10.3. The van der Waals surface area contributed by atoms with Crippen LogP contribution in [0.2, 0.25) is 0 Å². The molecule has 0 radical (unpaired) electrons. The van der Waals surface area contributed by atoms with Crippen LogP contribution in [-0.4, -0.2) is 43.8 Å². The summed E-state index contributed by atoms with van der Waals surface area (Å²) < 4.78 is 4.83. The molecule has 0 aromatic carbocycles. The normalized spacial score (nSPS) is 24.0. The van der Waals surface area contributed by atoms with Crippen molar-refractivity contribution in [2.75, 3.05) is 26.7 Å². The molecule has 0 aliphatic carbocycles. The average molecular weight is 158 g/mol. The summed E-state index contributed by atoms with van der Waals surface area (Å²) in [4.78, 5) is 12.7. The van der Waals surface area contributed by atoms with Crippen molar-refractivity contribution in [1.82, 2.24) is 10.2 Å². The van der Waals surface area contributed by atoms with Crippen molar-refractivity contribution in [1.29, 1.82) is 0 Å². The molecule has 64 valence electrons. The molecule has 0 unspecified atom stereocenters. The third-order valence-electron chi connectivity index (χ3n) is 1.82. The van der Waals surface area contributed by atoms with E-state index in [1.54, 1.807) is 4.90 Å². The van der Waals surface area contributed by atoms with E-state index in [2.05, 4.69) is 5.32 Å². The number of hydrogen-bond donors (Lipinski definition) is 1. The molecule has 1 rings (SSSR count). The lowest BCUT2D eigenvalue weighted by Gasteiger charge is -2.16. The summed E-state index contributed by atoms with van der Waals surface area (Å²) in [6, 6.07) is 0.232. The molecule has 11 heavy (non-hydrogen) atoms. The third kappa shape index (κ3) is 1.83. The van der Waals surface area contributed by atoms with Gasteiger partial charge in [0, 0.05) is 13.1 Å². The monoisotopic (exact) mass is 158 g/mol. The second-order valence-corrected chi connectivity index (χ2v) is 2.72. The van der Waals surface area contributed by atoms with Crippen molar-refractivity contribution < 1.29 is 9.53 Å². The highest BCUT2D eigenvalue weighted by molar-refractivity contribution is 5.69. The van der Waals surface area contributed by atoms with Crippen molar-refractivity contribution in [3.63, 3.8) is 0 Å². The van der Waals surface area contributed by atoms with Gasteiger partial charge in [0.25, 0.3) is 0 Å². The molecule has 1 heterocycles. The average Bonchev–Trinajstić information content (AvgIpc) is 2.29. The van der Waals surface area contributed by atoms with Gasteiger partial charge in [-0.2, -0.15) is 0 Å². The Balaban J connectivity index is 2.35. The fourth-order valence-corrected chi connectivity index (χ4v) is 1.09. The SMILES string of the molecule is CNCCN1C(=O)OC[C@@H]1C. The zero-order valence-electron chi connectivity index (χ0n) is 6.96. The van der Waals surface area contributed by atoms with Gasteiger partial charge in [0.2, 0.25) is 0 Å². The number of rotatable bonds is 3. The molecule has 1 atom stereocenters. The van der Waals surface area contributed by atoms with Crippen LogP contribution in [0.25, 0.3) is 0 Å². The lowest BCUT2D eigenvalue weighted by Crippen LogP contribution is -2.36. The molecule has 0 aromatic heterocycles. The van der Waals surface area contributed by atoms with E-state index in [-0.39, 0.29) is 12.1 Å². The number of hydrogen-bond acceptors (Lipinski definition) is 3. The minimum absolute atomic E-state index is 0.187. The van der Waals surface area contributed by atoms with Gasteiger partial charge in [0.05, 0.1) is 6.04 Å². The van der Waals surface area contributed by atoms with E-state index in [0.29, 0.717) is 6.61 Å². The van der Waals surface area contributed by atoms with Crippen LogP contribution >= 0.6 is 0 Å². The van der Waals surface area contributed by atoms with E-state index >= 15 is 0 Å². The van der Waals surface area contributed by atoms with Gasteiger partial charge in [-0.15, -0.1) is 0 Å². The first-order valence-electron chi connectivity index (χ1n) is 3.83. The van der Waals surface area contributed by atoms with Gasteiger partial charge in [-0.25, -0.2) is 4.79 Å². The number of amides is 1. The largest absolute Gasteiger partial charge is 0.447 e. The highest BCUT2D eigenvalue weighted by atomic mass is 16.6. The van der Waals surface area contributed by atoms with Crippen LogP contribution in [0, 0.1) is 0 Å². The molecule has 1 aliphatic heterocycles. The van der Waals surface area contributed by atoms with Crippen molar-refractivity contribution in [3.8, 4) is 0 Å². The van der Waals surface area contributed by atoms with E-state index in [4.69, 9.17) is 4.74 Å². The summed E-state index contributed by atoms with van der Waals surface area (Å²) >= 11 is 0. The van der Waals surface area contributed by atoms with Crippen LogP contribution in [0.1, 0.15) is 6.92 Å². The fraction of sp³-hybridized carbons (Fsp3) is 0.857. The first-order chi connectivity index (χ1) is 5.25. The van der Waals surface area contributed by atoms with Gasteiger partial charge in [0.1, 0.15) is 6.61 Å². The highest BCUT2D eigenvalue weighted by Gasteiger charge is 2.28. The van der Waals surface area contributed by atoms with Gasteiger partial charge in [0.15, 0.2) is 0 Å². The zero-order valence-corrected chi connectivity index (χ0v) is 6.96. The third-order valence-corrected chi connectivity index (χ3v) is 1.82. The zero-order chi connectivity index (χ0) is 8.27. The number of carbonyl (C=O) groups is 1. The number of cyclic esters (lactones) is 1. The summed E-state index contributed by atoms with van der Waals surface area (Å²) in [5.41, 5.74) is 0. The molecule has 1 N–H and O–H groups in total. The predicted molar refractivity (Wildman–Crippen MR) is 41.4 cm³/mol. The van der Waals surface area contributed by atoms with Crippen molar-refractivity contribution in [3.05, 3.63) is 0 Å². The molecule has 1 saturated heterocycles. The molecule has 0 spiro atoms. The molecular weight excluding hydrogens is 144 g/mol. The Morgan fingerprint density at radius 1 is 1.82 bits per heavy atom. The minimum Gasteiger partial charge on any atom is -0.447 e. The molecule has 1 aliphatic rings. The molecule has 4 nitrogen and oxygen atoms in total. The van der Waals surface area contributed by atoms with E-state index in [9.17, 15) is 4.79 Å². The van der Waals surface area contributed by atoms with Gasteiger partial charge >= 0.3 is 6.09 Å². The van der Waals surface area contributed by atoms with E-state index in [0.717, 1.165) is 13.1 Å². The maximum atomic E-state index is 11.0. The van der Waals surface area contributed by atoms with Crippen molar-refractivity contribution in [2.45, 2.75) is 13.0 Å². The van der Waals surface area contributed by atoms with Crippen LogP contribution in [0.3, 0.4) is 0 Å². The van der Waals surface area contributed by atoms with Gasteiger partial charge in [-0.05, 0) is 14.0 Å². The standard InChI is InChI=1S/C7H14N2O2/c1-6-5-11-7(10)9(6)4-3-8-2/h6,8H,3-5H2,1-2H3/t6-/m0/s1. The Morgan fingerprint density at radius 3 is 3.00 bits per heavy atom.